The third-order valence-corrected chi connectivity index (χ3v) is 4.94. The quantitative estimate of drug-likeness (QED) is 0.683. The number of amides is 3. The summed E-state index contributed by atoms with van der Waals surface area (Å²) in [6.45, 7) is 2.04. The van der Waals surface area contributed by atoms with E-state index in [1.54, 1.807) is 36.7 Å². The van der Waals surface area contributed by atoms with Crippen LogP contribution in [0.15, 0.2) is 73.1 Å². The summed E-state index contributed by atoms with van der Waals surface area (Å²) in [5.74, 6) is -1.06. The maximum atomic E-state index is 12.8. The van der Waals surface area contributed by atoms with Crippen LogP contribution in [0.25, 0.3) is 0 Å². The van der Waals surface area contributed by atoms with Crippen molar-refractivity contribution in [2.75, 3.05) is 0 Å². The van der Waals surface area contributed by atoms with Crippen LogP contribution in [0.4, 0.5) is 0 Å². The Kier molecular flexibility index (Phi) is 4.91. The number of carbonyl (C=O) groups excluding carboxylic acids is 3. The fourth-order valence-corrected chi connectivity index (χ4v) is 3.35. The molecule has 0 fully saturated rings. The molecule has 2 aromatic carbocycles. The van der Waals surface area contributed by atoms with Crippen LogP contribution in [0.1, 0.15) is 55.2 Å². The minimum atomic E-state index is -0.403. The van der Waals surface area contributed by atoms with Crippen LogP contribution in [0.3, 0.4) is 0 Å². The van der Waals surface area contributed by atoms with Crippen LogP contribution in [0.2, 0.25) is 0 Å². The molecule has 6 nitrogen and oxygen atoms in total. The fraction of sp³-hybridized carbons (Fsp3) is 0.130. The number of hydrogen-bond donors (Lipinski definition) is 1. The lowest BCUT2D eigenvalue weighted by Gasteiger charge is -2.14. The molecule has 0 spiro atoms. The molecule has 4 rings (SSSR count). The Morgan fingerprint density at radius 1 is 1.00 bits per heavy atom. The van der Waals surface area contributed by atoms with Gasteiger partial charge in [-0.1, -0.05) is 36.4 Å². The van der Waals surface area contributed by atoms with E-state index in [0.717, 1.165) is 11.1 Å². The first-order chi connectivity index (χ1) is 14.0. The molecule has 0 saturated heterocycles. The predicted octanol–water partition coefficient (Wildman–Crippen LogP) is 3.37. The molecule has 0 bridgehead atoms. The first kappa shape index (κ1) is 18.6. The Morgan fingerprint density at radius 3 is 2.48 bits per heavy atom. The monoisotopic (exact) mass is 385 g/mol. The summed E-state index contributed by atoms with van der Waals surface area (Å²) >= 11 is 0. The molecule has 144 valence electrons. The topological polar surface area (TPSA) is 79.4 Å². The summed E-state index contributed by atoms with van der Waals surface area (Å²) in [6, 6.07) is 17.6. The van der Waals surface area contributed by atoms with Crippen molar-refractivity contribution < 1.29 is 14.4 Å². The normalized spacial score (nSPS) is 13.9. The molecule has 0 radical (unpaired) electrons. The zero-order valence-corrected chi connectivity index (χ0v) is 15.8. The van der Waals surface area contributed by atoms with Gasteiger partial charge in [-0.25, -0.2) is 0 Å². The van der Waals surface area contributed by atoms with Gasteiger partial charge in [-0.3, -0.25) is 24.3 Å². The van der Waals surface area contributed by atoms with Crippen molar-refractivity contribution >= 4 is 17.7 Å². The average molecular weight is 385 g/mol. The van der Waals surface area contributed by atoms with Crippen molar-refractivity contribution in [2.24, 2.45) is 0 Å². The Balaban J connectivity index is 1.53. The minimum Gasteiger partial charge on any atom is -0.346 e. The van der Waals surface area contributed by atoms with Gasteiger partial charge in [0.05, 0.1) is 23.7 Å². The van der Waals surface area contributed by atoms with Gasteiger partial charge in [0.25, 0.3) is 17.7 Å². The van der Waals surface area contributed by atoms with Crippen LogP contribution in [-0.2, 0) is 6.54 Å². The van der Waals surface area contributed by atoms with Crippen LogP contribution in [0, 0.1) is 0 Å². The van der Waals surface area contributed by atoms with E-state index < -0.39 is 5.91 Å². The second-order valence-corrected chi connectivity index (χ2v) is 6.92. The van der Waals surface area contributed by atoms with Crippen molar-refractivity contribution in [1.82, 2.24) is 15.2 Å². The Labute approximate surface area is 168 Å². The molecular weight excluding hydrogens is 366 g/mol. The summed E-state index contributed by atoms with van der Waals surface area (Å²) in [5.41, 5.74) is 2.65. The number of imide groups is 1. The predicted molar refractivity (Wildman–Crippen MR) is 107 cm³/mol. The van der Waals surface area contributed by atoms with E-state index in [1.165, 1.54) is 11.0 Å². The van der Waals surface area contributed by atoms with Gasteiger partial charge in [0.15, 0.2) is 0 Å². The number of aromatic nitrogens is 1. The highest BCUT2D eigenvalue weighted by molar-refractivity contribution is 6.22. The fourth-order valence-electron chi connectivity index (χ4n) is 3.35. The molecule has 0 unspecified atom stereocenters. The van der Waals surface area contributed by atoms with Crippen LogP contribution in [-0.4, -0.2) is 27.6 Å². The maximum Gasteiger partial charge on any atom is 0.261 e. The molecule has 1 N–H and O–H groups in total. The molecule has 1 aliphatic heterocycles. The lowest BCUT2D eigenvalue weighted by Crippen LogP contribution is -2.29. The number of pyridine rings is 1. The summed E-state index contributed by atoms with van der Waals surface area (Å²) in [5, 5.41) is 2.92. The molecule has 29 heavy (non-hydrogen) atoms. The zero-order valence-electron chi connectivity index (χ0n) is 15.8. The van der Waals surface area contributed by atoms with Crippen molar-refractivity contribution in [2.45, 2.75) is 19.5 Å². The van der Waals surface area contributed by atoms with E-state index in [1.807, 2.05) is 37.3 Å². The number of rotatable bonds is 5. The largest absolute Gasteiger partial charge is 0.346 e. The highest BCUT2D eigenvalue weighted by atomic mass is 16.2. The van der Waals surface area contributed by atoms with Gasteiger partial charge >= 0.3 is 0 Å². The van der Waals surface area contributed by atoms with E-state index in [9.17, 15) is 14.4 Å². The lowest BCUT2D eigenvalue weighted by molar-refractivity contribution is 0.0642. The Bertz CT molecular complexity index is 1080. The SMILES string of the molecule is C[C@H](NC(=O)c1ccc2c(c1)C(=O)N(Cc1cccnc1)C2=O)c1ccccc1. The molecule has 1 aromatic heterocycles. The number of hydrogen-bond acceptors (Lipinski definition) is 4. The maximum absolute atomic E-state index is 12.8. The van der Waals surface area contributed by atoms with Crippen molar-refractivity contribution in [3.05, 3.63) is 101 Å². The van der Waals surface area contributed by atoms with Gasteiger partial charge in [0.2, 0.25) is 0 Å². The van der Waals surface area contributed by atoms with Gasteiger partial charge in [-0.2, -0.15) is 0 Å². The number of benzene rings is 2. The van der Waals surface area contributed by atoms with E-state index in [0.29, 0.717) is 11.1 Å². The van der Waals surface area contributed by atoms with Gasteiger partial charge in [0, 0.05) is 18.0 Å². The second kappa shape index (κ2) is 7.67. The Hall–Kier alpha value is -3.80. The summed E-state index contributed by atoms with van der Waals surface area (Å²) < 4.78 is 0. The third kappa shape index (κ3) is 3.65. The van der Waals surface area contributed by atoms with Gasteiger partial charge in [-0.15, -0.1) is 0 Å². The van der Waals surface area contributed by atoms with Crippen LogP contribution >= 0.6 is 0 Å². The Morgan fingerprint density at radius 2 is 1.76 bits per heavy atom. The molecule has 2 heterocycles. The summed E-state index contributed by atoms with van der Waals surface area (Å²) in [6.07, 6.45) is 3.25. The molecule has 0 aliphatic carbocycles. The molecular formula is C23H19N3O3. The molecule has 3 amide bonds. The molecule has 1 atom stereocenters. The van der Waals surface area contributed by atoms with Crippen molar-refractivity contribution in [3.63, 3.8) is 0 Å². The van der Waals surface area contributed by atoms with Crippen LogP contribution in [0.5, 0.6) is 0 Å². The van der Waals surface area contributed by atoms with E-state index in [4.69, 9.17) is 0 Å². The summed E-state index contributed by atoms with van der Waals surface area (Å²) in [7, 11) is 0. The number of nitrogens with one attached hydrogen (secondary N) is 1. The van der Waals surface area contributed by atoms with E-state index in [-0.39, 0.29) is 30.0 Å². The lowest BCUT2D eigenvalue weighted by atomic mass is 10.0. The molecule has 0 saturated carbocycles. The van der Waals surface area contributed by atoms with Gasteiger partial charge < -0.3 is 5.32 Å². The highest BCUT2D eigenvalue weighted by Gasteiger charge is 2.36. The van der Waals surface area contributed by atoms with Gasteiger partial charge in [0.1, 0.15) is 0 Å². The average Bonchev–Trinajstić information content (AvgIpc) is 2.99. The highest BCUT2D eigenvalue weighted by Crippen LogP contribution is 2.26. The molecule has 3 aromatic rings. The zero-order chi connectivity index (χ0) is 20.4. The smallest absolute Gasteiger partial charge is 0.261 e. The molecule has 1 aliphatic rings. The second-order valence-electron chi connectivity index (χ2n) is 6.92. The first-order valence-corrected chi connectivity index (χ1v) is 9.29. The number of nitrogens with zero attached hydrogens (tertiary/aromatic N) is 2. The van der Waals surface area contributed by atoms with Crippen molar-refractivity contribution in [3.8, 4) is 0 Å². The first-order valence-electron chi connectivity index (χ1n) is 9.29. The summed E-state index contributed by atoms with van der Waals surface area (Å²) in [4.78, 5) is 43.3. The molecule has 6 heteroatoms. The van der Waals surface area contributed by atoms with E-state index >= 15 is 0 Å². The standard InChI is InChI=1S/C23H19N3O3/c1-15(17-7-3-2-4-8-17)25-21(27)18-9-10-19-20(12-18)23(29)26(22(19)28)14-16-6-5-11-24-13-16/h2-13,15H,14H2,1H3,(H,25,27)/t15-/m0/s1. The third-order valence-electron chi connectivity index (χ3n) is 4.94. The number of fused-ring (bicyclic) bond motifs is 1. The minimum absolute atomic E-state index is 0.146. The van der Waals surface area contributed by atoms with Crippen molar-refractivity contribution in [1.29, 1.82) is 0 Å². The van der Waals surface area contributed by atoms with E-state index in [2.05, 4.69) is 10.3 Å². The number of carbonyl (C=O) groups is 3. The van der Waals surface area contributed by atoms with Gasteiger partial charge in [-0.05, 0) is 42.3 Å². The van der Waals surface area contributed by atoms with Crippen LogP contribution < -0.4 is 5.32 Å².